The largest absolute Gasteiger partial charge is 0.339 e. The summed E-state index contributed by atoms with van der Waals surface area (Å²) in [6, 6.07) is 3.74. The van der Waals surface area contributed by atoms with Crippen LogP contribution in [0.15, 0.2) is 22.7 Å². The van der Waals surface area contributed by atoms with Crippen molar-refractivity contribution in [2.75, 3.05) is 0 Å². The molecule has 1 heterocycles. The monoisotopic (exact) mass is 315 g/mol. The van der Waals surface area contributed by atoms with E-state index >= 15 is 0 Å². The fourth-order valence-electron chi connectivity index (χ4n) is 2.32. The average Bonchev–Trinajstić information content (AvgIpc) is 2.88. The lowest BCUT2D eigenvalue weighted by molar-refractivity contribution is 0.228. The third-order valence-electron chi connectivity index (χ3n) is 3.95. The maximum absolute atomic E-state index is 13.3. The molecule has 114 valence electrons. The average molecular weight is 316 g/mol. The van der Waals surface area contributed by atoms with Crippen LogP contribution in [0.1, 0.15) is 49.4 Å². The second-order valence-corrected chi connectivity index (χ2v) is 5.36. The second kappa shape index (κ2) is 5.69. The van der Waals surface area contributed by atoms with Gasteiger partial charge in [-0.3, -0.25) is 0 Å². The zero-order valence-electron chi connectivity index (χ0n) is 11.5. The Morgan fingerprint density at radius 1 is 1.29 bits per heavy atom. The van der Waals surface area contributed by atoms with Gasteiger partial charge in [0, 0.05) is 0 Å². The number of benzene rings is 1. The molecule has 1 aromatic carbocycles. The van der Waals surface area contributed by atoms with Crippen molar-refractivity contribution in [3.8, 4) is 0 Å². The molecule has 1 atom stereocenters. The fourth-order valence-corrected chi connectivity index (χ4v) is 2.32. The third kappa shape index (κ3) is 2.78. The van der Waals surface area contributed by atoms with Crippen LogP contribution in [0.5, 0.6) is 0 Å². The molecular weight excluding hydrogens is 300 g/mol. The zero-order chi connectivity index (χ0) is 14.3. The number of hydrogen-bond donors (Lipinski definition) is 1. The fraction of sp³-hybridized carbons (Fsp3) is 0.429. The summed E-state index contributed by atoms with van der Waals surface area (Å²) >= 11 is 0. The van der Waals surface area contributed by atoms with Crippen LogP contribution in [0, 0.1) is 11.6 Å². The standard InChI is InChI=1S/C14H15F2N3O.ClH/c1-8(9-3-4-10(15)11(16)7-9)12-18-13(19-20-12)14(17)5-2-6-14;/h3-4,7-8H,2,5-6,17H2,1H3;1H. The Balaban J connectivity index is 0.00000161. The van der Waals surface area contributed by atoms with Gasteiger partial charge in [-0.2, -0.15) is 4.98 Å². The van der Waals surface area contributed by atoms with Gasteiger partial charge in [0.15, 0.2) is 17.5 Å². The highest BCUT2D eigenvalue weighted by Crippen LogP contribution is 2.37. The Morgan fingerprint density at radius 2 is 2.00 bits per heavy atom. The van der Waals surface area contributed by atoms with Crippen molar-refractivity contribution >= 4 is 12.4 Å². The highest BCUT2D eigenvalue weighted by atomic mass is 35.5. The van der Waals surface area contributed by atoms with Crippen molar-refractivity contribution in [2.24, 2.45) is 5.73 Å². The topological polar surface area (TPSA) is 64.9 Å². The molecule has 0 amide bonds. The molecule has 0 aliphatic heterocycles. The Morgan fingerprint density at radius 3 is 2.57 bits per heavy atom. The van der Waals surface area contributed by atoms with Crippen LogP contribution in [0.4, 0.5) is 8.78 Å². The predicted molar refractivity (Wildman–Crippen MR) is 75.1 cm³/mol. The van der Waals surface area contributed by atoms with E-state index in [1.807, 2.05) is 0 Å². The van der Waals surface area contributed by atoms with Crippen LogP contribution < -0.4 is 5.73 Å². The quantitative estimate of drug-likeness (QED) is 0.944. The first-order valence-corrected chi connectivity index (χ1v) is 6.57. The van der Waals surface area contributed by atoms with Crippen LogP contribution in [0.2, 0.25) is 0 Å². The summed E-state index contributed by atoms with van der Waals surface area (Å²) in [5.74, 6) is -1.21. The molecule has 7 heteroatoms. The van der Waals surface area contributed by atoms with Gasteiger partial charge in [-0.25, -0.2) is 8.78 Å². The molecule has 1 aromatic heterocycles. The molecule has 1 unspecified atom stereocenters. The van der Waals surface area contributed by atoms with E-state index in [-0.39, 0.29) is 18.3 Å². The Bertz CT molecular complexity index is 643. The van der Waals surface area contributed by atoms with Crippen LogP contribution in [-0.2, 0) is 5.54 Å². The lowest BCUT2D eigenvalue weighted by Gasteiger charge is -2.34. The van der Waals surface area contributed by atoms with Gasteiger partial charge in [0.1, 0.15) is 0 Å². The van der Waals surface area contributed by atoms with E-state index in [4.69, 9.17) is 10.3 Å². The minimum atomic E-state index is -0.886. The summed E-state index contributed by atoms with van der Waals surface area (Å²) in [5, 5.41) is 3.92. The molecule has 21 heavy (non-hydrogen) atoms. The minimum absolute atomic E-state index is 0. The Kier molecular flexibility index (Phi) is 4.30. The number of rotatable bonds is 3. The molecule has 3 rings (SSSR count). The van der Waals surface area contributed by atoms with Crippen molar-refractivity contribution in [3.05, 3.63) is 47.1 Å². The zero-order valence-corrected chi connectivity index (χ0v) is 12.3. The number of aromatic nitrogens is 2. The first-order valence-electron chi connectivity index (χ1n) is 6.57. The number of nitrogens with zero attached hydrogens (tertiary/aromatic N) is 2. The molecule has 4 nitrogen and oxygen atoms in total. The molecule has 0 radical (unpaired) electrons. The van der Waals surface area contributed by atoms with Crippen molar-refractivity contribution in [1.82, 2.24) is 10.1 Å². The number of hydrogen-bond acceptors (Lipinski definition) is 4. The van der Waals surface area contributed by atoms with Crippen LogP contribution in [0.25, 0.3) is 0 Å². The highest BCUT2D eigenvalue weighted by Gasteiger charge is 2.39. The van der Waals surface area contributed by atoms with Crippen molar-refractivity contribution in [1.29, 1.82) is 0 Å². The molecular formula is C14H16ClF2N3O. The van der Waals surface area contributed by atoms with E-state index in [1.165, 1.54) is 6.07 Å². The maximum atomic E-state index is 13.3. The van der Waals surface area contributed by atoms with Gasteiger partial charge in [-0.15, -0.1) is 12.4 Å². The highest BCUT2D eigenvalue weighted by molar-refractivity contribution is 5.85. The normalized spacial score (nSPS) is 17.7. The Labute approximate surface area is 127 Å². The molecule has 1 saturated carbocycles. The summed E-state index contributed by atoms with van der Waals surface area (Å²) in [6.45, 7) is 1.80. The van der Waals surface area contributed by atoms with E-state index in [2.05, 4.69) is 10.1 Å². The molecule has 1 aliphatic rings. The summed E-state index contributed by atoms with van der Waals surface area (Å²) in [4.78, 5) is 4.31. The van der Waals surface area contributed by atoms with Crippen molar-refractivity contribution in [2.45, 2.75) is 37.6 Å². The molecule has 2 N–H and O–H groups in total. The van der Waals surface area contributed by atoms with Gasteiger partial charge in [-0.1, -0.05) is 11.2 Å². The smallest absolute Gasteiger partial charge is 0.233 e. The van der Waals surface area contributed by atoms with Gasteiger partial charge in [0.2, 0.25) is 5.89 Å². The van der Waals surface area contributed by atoms with E-state index in [9.17, 15) is 8.78 Å². The van der Waals surface area contributed by atoms with Gasteiger partial charge in [0.05, 0.1) is 11.5 Å². The first kappa shape index (κ1) is 15.9. The minimum Gasteiger partial charge on any atom is -0.339 e. The lowest BCUT2D eigenvalue weighted by atomic mass is 9.77. The van der Waals surface area contributed by atoms with E-state index in [0.717, 1.165) is 31.4 Å². The lowest BCUT2D eigenvalue weighted by Crippen LogP contribution is -2.44. The van der Waals surface area contributed by atoms with Gasteiger partial charge >= 0.3 is 0 Å². The molecule has 0 bridgehead atoms. The van der Waals surface area contributed by atoms with Crippen molar-refractivity contribution < 1.29 is 13.3 Å². The van der Waals surface area contributed by atoms with Gasteiger partial charge in [0.25, 0.3) is 0 Å². The Hall–Kier alpha value is -1.53. The molecule has 2 aromatic rings. The summed E-state index contributed by atoms with van der Waals surface area (Å²) in [7, 11) is 0. The maximum Gasteiger partial charge on any atom is 0.233 e. The summed E-state index contributed by atoms with van der Waals surface area (Å²) in [6.07, 6.45) is 2.73. The molecule has 1 fully saturated rings. The molecule has 0 spiro atoms. The second-order valence-electron chi connectivity index (χ2n) is 5.36. The molecule has 0 saturated heterocycles. The van der Waals surface area contributed by atoms with E-state index < -0.39 is 17.2 Å². The predicted octanol–water partition coefficient (Wildman–Crippen LogP) is 3.26. The summed E-state index contributed by atoms with van der Waals surface area (Å²) < 4.78 is 31.4. The third-order valence-corrected chi connectivity index (χ3v) is 3.95. The number of halogens is 3. The SMILES string of the molecule is CC(c1ccc(F)c(F)c1)c1nc(C2(N)CCC2)no1.Cl. The van der Waals surface area contributed by atoms with Crippen molar-refractivity contribution in [3.63, 3.8) is 0 Å². The van der Waals surface area contributed by atoms with E-state index in [0.29, 0.717) is 17.3 Å². The van der Waals surface area contributed by atoms with E-state index in [1.54, 1.807) is 6.92 Å². The molecule has 1 aliphatic carbocycles. The summed E-state index contributed by atoms with van der Waals surface area (Å²) in [5.41, 5.74) is 6.22. The van der Waals surface area contributed by atoms with Crippen LogP contribution >= 0.6 is 12.4 Å². The first-order chi connectivity index (χ1) is 9.49. The van der Waals surface area contributed by atoms with Gasteiger partial charge in [-0.05, 0) is 43.9 Å². The number of nitrogens with two attached hydrogens (primary N) is 1. The van der Waals surface area contributed by atoms with Gasteiger partial charge < -0.3 is 10.3 Å². The van der Waals surface area contributed by atoms with Crippen LogP contribution in [-0.4, -0.2) is 10.1 Å². The van der Waals surface area contributed by atoms with Crippen LogP contribution in [0.3, 0.4) is 0 Å².